The van der Waals surface area contributed by atoms with E-state index in [-0.39, 0.29) is 41.1 Å². The molecular formula is C8H21BrN4O. The Labute approximate surface area is 97.1 Å². The Morgan fingerprint density at radius 3 is 2.14 bits per heavy atom. The van der Waals surface area contributed by atoms with E-state index in [9.17, 15) is 4.79 Å². The second-order valence-corrected chi connectivity index (χ2v) is 2.80. The summed E-state index contributed by atoms with van der Waals surface area (Å²) in [6, 6.07) is 0.0570. The average molecular weight is 269 g/mol. The van der Waals surface area contributed by atoms with Crippen LogP contribution >= 0.6 is 0 Å². The molecule has 0 unspecified atom stereocenters. The molecule has 0 amide bonds. The number of Topliss-reactive ketones (excluding diaryl/α,β-unsaturated/α-hetero) is 1. The van der Waals surface area contributed by atoms with Crippen molar-refractivity contribution in [1.82, 2.24) is 17.6 Å². The smallest absolute Gasteiger partial charge is 0.146 e. The number of carbonyl (C=O) groups is 1. The van der Waals surface area contributed by atoms with Crippen LogP contribution in [0.2, 0.25) is 0 Å². The third-order valence-corrected chi connectivity index (χ3v) is 1.83. The van der Waals surface area contributed by atoms with Crippen molar-refractivity contribution in [3.05, 3.63) is 0 Å². The van der Waals surface area contributed by atoms with Crippen molar-refractivity contribution in [2.24, 2.45) is 0 Å². The minimum atomic E-state index is 0. The molecule has 0 rings (SSSR count). The van der Waals surface area contributed by atoms with Gasteiger partial charge in [-0.3, -0.25) is 4.79 Å². The monoisotopic (exact) mass is 268 g/mol. The molecule has 5 nitrogen and oxygen atoms in total. The zero-order chi connectivity index (χ0) is 8.69. The van der Waals surface area contributed by atoms with Crippen LogP contribution in [-0.2, 0) is 4.79 Å². The van der Waals surface area contributed by atoms with Gasteiger partial charge < -0.3 is 28.0 Å². The quantitative estimate of drug-likeness (QED) is 0.478. The Bertz CT molecular complexity index is 124. The Balaban J connectivity index is -0.000000167. The summed E-state index contributed by atoms with van der Waals surface area (Å²) in [6.45, 7) is 2.60. The fourth-order valence-corrected chi connectivity index (χ4v) is 1.08. The third-order valence-electron chi connectivity index (χ3n) is 1.83. The standard InChI is InChI=1S/C8H18N2O.BrH.2HN/c1-7(11)8(10-2)5-3-4-6-9;;;/h8,10H,3-6,9H2,1-2H3;3*1H/t8-;;;/m0.../s1. The predicted octanol–water partition coefficient (Wildman–Crippen LogP) is -3.95. The van der Waals surface area contributed by atoms with Crippen LogP contribution in [0.1, 0.15) is 26.2 Å². The van der Waals surface area contributed by atoms with Crippen LogP contribution < -0.4 is 40.3 Å². The average Bonchev–Trinajstić information content (AvgIpc) is 1.97. The van der Waals surface area contributed by atoms with Crippen LogP contribution in [0.3, 0.4) is 0 Å². The van der Waals surface area contributed by atoms with Gasteiger partial charge in [0, 0.05) is 0 Å². The summed E-state index contributed by atoms with van der Waals surface area (Å²) in [5, 5.41) is 2.99. The van der Waals surface area contributed by atoms with Gasteiger partial charge in [-0.2, -0.15) is 12.3 Å². The van der Waals surface area contributed by atoms with E-state index in [0.29, 0.717) is 0 Å². The maximum atomic E-state index is 10.9. The summed E-state index contributed by atoms with van der Waals surface area (Å²) in [7, 11) is 1.83. The van der Waals surface area contributed by atoms with Gasteiger partial charge in [0.25, 0.3) is 0 Å². The molecule has 0 aliphatic carbocycles. The molecule has 86 valence electrons. The molecule has 0 bridgehead atoms. The molecular weight excluding hydrogens is 248 g/mol. The minimum absolute atomic E-state index is 0. The van der Waals surface area contributed by atoms with Crippen molar-refractivity contribution in [1.29, 1.82) is 0 Å². The van der Waals surface area contributed by atoms with E-state index in [1.165, 1.54) is 0 Å². The van der Waals surface area contributed by atoms with E-state index in [0.717, 1.165) is 25.8 Å². The number of quaternary nitrogens is 1. The molecule has 14 heavy (non-hydrogen) atoms. The first-order valence-corrected chi connectivity index (χ1v) is 4.19. The Hall–Kier alpha value is -0.0100. The van der Waals surface area contributed by atoms with E-state index in [4.69, 9.17) is 0 Å². The van der Waals surface area contributed by atoms with Crippen LogP contribution in [0.15, 0.2) is 0 Å². The van der Waals surface area contributed by atoms with Crippen molar-refractivity contribution in [3.8, 4) is 0 Å². The lowest BCUT2D eigenvalue weighted by atomic mass is 10.1. The predicted molar refractivity (Wildman–Crippen MR) is 51.3 cm³/mol. The lowest BCUT2D eigenvalue weighted by molar-refractivity contribution is -0.368. The van der Waals surface area contributed by atoms with Crippen molar-refractivity contribution >= 4 is 5.78 Å². The number of nitrogens with one attached hydrogen (secondary N) is 3. The molecule has 0 saturated heterocycles. The molecule has 0 aromatic heterocycles. The van der Waals surface area contributed by atoms with Crippen LogP contribution in [-0.4, -0.2) is 25.4 Å². The molecule has 6 heteroatoms. The number of hydrogen-bond acceptors (Lipinski definition) is 2. The molecule has 0 fully saturated rings. The number of rotatable bonds is 6. The first kappa shape index (κ1) is 23.7. The Morgan fingerprint density at radius 1 is 1.36 bits per heavy atom. The van der Waals surface area contributed by atoms with Crippen LogP contribution in [0.25, 0.3) is 0 Å². The zero-order valence-electron chi connectivity index (χ0n) is 8.90. The highest BCUT2D eigenvalue weighted by Crippen LogP contribution is 1.99. The lowest BCUT2D eigenvalue weighted by Crippen LogP contribution is -3.00. The van der Waals surface area contributed by atoms with Gasteiger partial charge in [-0.1, -0.05) is 0 Å². The van der Waals surface area contributed by atoms with Crippen LogP contribution in [0.4, 0.5) is 0 Å². The van der Waals surface area contributed by atoms with Crippen molar-refractivity contribution in [2.75, 3.05) is 13.6 Å². The van der Waals surface area contributed by atoms with Gasteiger partial charge >= 0.3 is 0 Å². The minimum Gasteiger partial charge on any atom is -1.00 e. The SMILES string of the molecule is CN[C@@H](CCCC[NH3+])C(C)=O.[Br-].[NH].[NH]. The van der Waals surface area contributed by atoms with Gasteiger partial charge in [0.2, 0.25) is 0 Å². The Kier molecular flexibility index (Phi) is 26.1. The van der Waals surface area contributed by atoms with Gasteiger partial charge in [0.05, 0.1) is 12.6 Å². The van der Waals surface area contributed by atoms with Gasteiger partial charge in [-0.25, -0.2) is 0 Å². The first-order valence-electron chi connectivity index (χ1n) is 4.19. The molecule has 0 heterocycles. The van der Waals surface area contributed by atoms with Crippen molar-refractivity contribution in [2.45, 2.75) is 32.2 Å². The number of hydrogen-bond donors (Lipinski definition) is 2. The molecule has 0 saturated carbocycles. The molecule has 1 atom stereocenters. The first-order chi connectivity index (χ1) is 5.22. The third kappa shape index (κ3) is 12.0. The summed E-state index contributed by atoms with van der Waals surface area (Å²) in [5.74, 6) is 0.233. The van der Waals surface area contributed by atoms with Crippen LogP contribution in [0.5, 0.6) is 0 Å². The van der Waals surface area contributed by atoms with Gasteiger partial charge in [0.15, 0.2) is 0 Å². The van der Waals surface area contributed by atoms with Gasteiger partial charge in [0.1, 0.15) is 5.78 Å². The summed E-state index contributed by atoms with van der Waals surface area (Å²) < 4.78 is 0. The van der Waals surface area contributed by atoms with E-state index in [2.05, 4.69) is 11.1 Å². The maximum Gasteiger partial charge on any atom is 0.146 e. The highest BCUT2D eigenvalue weighted by atomic mass is 79.9. The van der Waals surface area contributed by atoms with Gasteiger partial charge in [-0.05, 0) is 33.2 Å². The van der Waals surface area contributed by atoms with Crippen molar-refractivity contribution < 1.29 is 27.5 Å². The largest absolute Gasteiger partial charge is 1.00 e. The topological polar surface area (TPSA) is 121 Å². The van der Waals surface area contributed by atoms with Crippen LogP contribution in [0, 0.1) is 0 Å². The fourth-order valence-electron chi connectivity index (χ4n) is 1.08. The molecule has 0 spiro atoms. The molecule has 4 radical (unpaired) electrons. The van der Waals surface area contributed by atoms with E-state index < -0.39 is 0 Å². The highest BCUT2D eigenvalue weighted by molar-refractivity contribution is 5.81. The van der Waals surface area contributed by atoms with E-state index >= 15 is 0 Å². The second-order valence-electron chi connectivity index (χ2n) is 2.80. The number of ketones is 1. The van der Waals surface area contributed by atoms with E-state index in [1.54, 1.807) is 6.92 Å². The fraction of sp³-hybridized carbons (Fsp3) is 0.875. The summed E-state index contributed by atoms with van der Waals surface area (Å²) in [6.07, 6.45) is 3.15. The summed E-state index contributed by atoms with van der Waals surface area (Å²) in [5.41, 5.74) is 3.75. The van der Waals surface area contributed by atoms with E-state index in [1.807, 2.05) is 7.05 Å². The number of halogens is 1. The maximum absolute atomic E-state index is 10.9. The van der Waals surface area contributed by atoms with Gasteiger partial charge in [-0.15, -0.1) is 0 Å². The summed E-state index contributed by atoms with van der Waals surface area (Å²) in [4.78, 5) is 10.9. The molecule has 0 aromatic rings. The number of likely N-dealkylation sites (N-methyl/N-ethyl adjacent to an activating group) is 1. The Morgan fingerprint density at radius 2 is 1.86 bits per heavy atom. The zero-order valence-corrected chi connectivity index (χ0v) is 10.5. The molecule has 0 aliphatic heterocycles. The number of unbranched alkanes of at least 4 members (excludes halogenated alkanes) is 1. The lowest BCUT2D eigenvalue weighted by Gasteiger charge is -2.10. The van der Waals surface area contributed by atoms with Crippen molar-refractivity contribution in [3.63, 3.8) is 0 Å². The normalized spacial score (nSPS) is 10.2. The second kappa shape index (κ2) is 15.5. The summed E-state index contributed by atoms with van der Waals surface area (Å²) >= 11 is 0. The highest BCUT2D eigenvalue weighted by Gasteiger charge is 2.09. The number of carbonyl (C=O) groups excluding carboxylic acids is 1. The molecule has 6 N–H and O–H groups in total. The molecule has 0 aromatic carbocycles. The molecule has 0 aliphatic rings.